The van der Waals surface area contributed by atoms with Gasteiger partial charge in [-0.25, -0.2) is 0 Å². The average molecular weight is 190 g/mol. The lowest BCUT2D eigenvalue weighted by Crippen LogP contribution is -2.39. The molecule has 0 amide bonds. The van der Waals surface area contributed by atoms with Gasteiger partial charge in [0.15, 0.2) is 0 Å². The van der Waals surface area contributed by atoms with E-state index in [2.05, 4.69) is 18.0 Å². The van der Waals surface area contributed by atoms with Crippen LogP contribution < -0.4 is 5.73 Å². The Balaban J connectivity index is 2.32. The number of hydrogen-bond donors (Lipinski definition) is 1. The van der Waals surface area contributed by atoms with Crippen LogP contribution in [0.5, 0.6) is 0 Å². The zero-order chi connectivity index (χ0) is 10.0. The van der Waals surface area contributed by atoms with E-state index in [4.69, 9.17) is 5.73 Å². The molecule has 1 aliphatic rings. The van der Waals surface area contributed by atoms with Crippen molar-refractivity contribution in [1.29, 1.82) is 0 Å². The fourth-order valence-electron chi connectivity index (χ4n) is 2.48. The third-order valence-electron chi connectivity index (χ3n) is 3.30. The Kier molecular flexibility index (Phi) is 2.55. The van der Waals surface area contributed by atoms with E-state index < -0.39 is 0 Å². The fraction of sp³-hybridized carbons (Fsp3) is 0.583. The van der Waals surface area contributed by atoms with E-state index in [1.54, 1.807) is 0 Å². The summed E-state index contributed by atoms with van der Waals surface area (Å²) in [5.41, 5.74) is 8.91. The molecule has 76 valence electrons. The average Bonchev–Trinajstić information content (AvgIpc) is 2.19. The zero-order valence-electron chi connectivity index (χ0n) is 8.79. The van der Waals surface area contributed by atoms with Crippen molar-refractivity contribution in [3.05, 3.63) is 29.6 Å². The van der Waals surface area contributed by atoms with Crippen molar-refractivity contribution in [2.75, 3.05) is 0 Å². The molecule has 0 unspecified atom stereocenters. The molecule has 1 fully saturated rings. The van der Waals surface area contributed by atoms with E-state index in [1.165, 1.54) is 30.4 Å². The number of pyridine rings is 1. The molecule has 0 aromatic carbocycles. The highest BCUT2D eigenvalue weighted by Crippen LogP contribution is 2.35. The van der Waals surface area contributed by atoms with Crippen LogP contribution in [0.2, 0.25) is 0 Å². The van der Waals surface area contributed by atoms with Crippen LogP contribution in [0.1, 0.15) is 43.2 Å². The second-order valence-electron chi connectivity index (χ2n) is 4.41. The summed E-state index contributed by atoms with van der Waals surface area (Å²) in [4.78, 5) is 4.12. The fourth-order valence-corrected chi connectivity index (χ4v) is 2.48. The van der Waals surface area contributed by atoms with Gasteiger partial charge in [-0.3, -0.25) is 4.98 Å². The maximum atomic E-state index is 6.45. The Morgan fingerprint density at radius 2 is 2.00 bits per heavy atom. The first-order valence-electron chi connectivity index (χ1n) is 5.42. The van der Waals surface area contributed by atoms with Crippen molar-refractivity contribution in [2.45, 2.75) is 44.6 Å². The molecule has 2 heteroatoms. The Bertz CT molecular complexity index is 314. The Labute approximate surface area is 85.5 Å². The Morgan fingerprint density at radius 3 is 2.64 bits per heavy atom. The van der Waals surface area contributed by atoms with Gasteiger partial charge in [0.25, 0.3) is 0 Å². The normalized spacial score (nSPS) is 20.7. The summed E-state index contributed by atoms with van der Waals surface area (Å²) in [7, 11) is 0. The van der Waals surface area contributed by atoms with Gasteiger partial charge in [0.05, 0.1) is 0 Å². The molecule has 2 N–H and O–H groups in total. The topological polar surface area (TPSA) is 38.9 Å². The highest BCUT2D eigenvalue weighted by atomic mass is 14.8. The van der Waals surface area contributed by atoms with Crippen LogP contribution in [-0.2, 0) is 5.54 Å². The van der Waals surface area contributed by atoms with Crippen molar-refractivity contribution in [2.24, 2.45) is 5.73 Å². The Hall–Kier alpha value is -0.890. The first kappa shape index (κ1) is 9.66. The van der Waals surface area contributed by atoms with E-state index in [9.17, 15) is 0 Å². The molecular weight excluding hydrogens is 172 g/mol. The van der Waals surface area contributed by atoms with Gasteiger partial charge in [0, 0.05) is 17.9 Å². The lowest BCUT2D eigenvalue weighted by Gasteiger charge is -2.34. The van der Waals surface area contributed by atoms with Gasteiger partial charge in [-0.2, -0.15) is 0 Å². The van der Waals surface area contributed by atoms with E-state index in [0.29, 0.717) is 0 Å². The number of hydrogen-bond acceptors (Lipinski definition) is 2. The highest BCUT2D eigenvalue weighted by molar-refractivity contribution is 5.30. The first-order chi connectivity index (χ1) is 6.72. The molecule has 0 aliphatic heterocycles. The first-order valence-corrected chi connectivity index (χ1v) is 5.42. The molecule has 1 aromatic heterocycles. The smallest absolute Gasteiger partial charge is 0.0413 e. The molecule has 1 aromatic rings. The second kappa shape index (κ2) is 3.70. The summed E-state index contributed by atoms with van der Waals surface area (Å²) in [6.45, 7) is 2.10. The van der Waals surface area contributed by atoms with Gasteiger partial charge in [-0.15, -0.1) is 0 Å². The molecule has 0 spiro atoms. The molecular formula is C12H18N2. The molecule has 0 atom stereocenters. The molecule has 0 bridgehead atoms. The van der Waals surface area contributed by atoms with E-state index >= 15 is 0 Å². The third-order valence-corrected chi connectivity index (χ3v) is 3.30. The van der Waals surface area contributed by atoms with Crippen molar-refractivity contribution in [3.63, 3.8) is 0 Å². The molecule has 0 radical (unpaired) electrons. The number of nitrogens with zero attached hydrogens (tertiary/aromatic N) is 1. The minimum atomic E-state index is -0.0781. The van der Waals surface area contributed by atoms with Crippen molar-refractivity contribution in [1.82, 2.24) is 4.98 Å². The molecule has 2 nitrogen and oxygen atoms in total. The van der Waals surface area contributed by atoms with Gasteiger partial charge in [0.1, 0.15) is 0 Å². The number of aryl methyl sites for hydroxylation is 1. The van der Waals surface area contributed by atoms with Gasteiger partial charge in [-0.1, -0.05) is 19.3 Å². The van der Waals surface area contributed by atoms with Crippen molar-refractivity contribution in [3.8, 4) is 0 Å². The quantitative estimate of drug-likeness (QED) is 0.739. The van der Waals surface area contributed by atoms with Gasteiger partial charge in [0.2, 0.25) is 0 Å². The number of aromatic nitrogens is 1. The summed E-state index contributed by atoms with van der Waals surface area (Å²) in [5, 5.41) is 0. The summed E-state index contributed by atoms with van der Waals surface area (Å²) in [5.74, 6) is 0. The van der Waals surface area contributed by atoms with Crippen LogP contribution in [0.3, 0.4) is 0 Å². The lowest BCUT2D eigenvalue weighted by atomic mass is 9.76. The van der Waals surface area contributed by atoms with Crippen LogP contribution in [0.25, 0.3) is 0 Å². The van der Waals surface area contributed by atoms with Crippen LogP contribution in [0.15, 0.2) is 18.5 Å². The van der Waals surface area contributed by atoms with E-state index in [-0.39, 0.29) is 5.54 Å². The maximum absolute atomic E-state index is 6.45. The predicted octanol–water partition coefficient (Wildman–Crippen LogP) is 2.51. The SMILES string of the molecule is Cc1cnccc1C1(N)CCCCC1. The summed E-state index contributed by atoms with van der Waals surface area (Å²) < 4.78 is 0. The van der Waals surface area contributed by atoms with Gasteiger partial charge >= 0.3 is 0 Å². The largest absolute Gasteiger partial charge is 0.321 e. The van der Waals surface area contributed by atoms with E-state index in [0.717, 1.165) is 12.8 Å². The summed E-state index contributed by atoms with van der Waals surface area (Å²) in [6.07, 6.45) is 9.87. The van der Waals surface area contributed by atoms with Crippen molar-refractivity contribution >= 4 is 0 Å². The lowest BCUT2D eigenvalue weighted by molar-refractivity contribution is 0.301. The van der Waals surface area contributed by atoms with Gasteiger partial charge in [-0.05, 0) is 37.0 Å². The number of rotatable bonds is 1. The molecule has 14 heavy (non-hydrogen) atoms. The standard InChI is InChI=1S/C12H18N2/c1-10-9-14-8-5-11(10)12(13)6-3-2-4-7-12/h5,8-9H,2-4,6-7,13H2,1H3. The van der Waals surface area contributed by atoms with Crippen LogP contribution in [0, 0.1) is 6.92 Å². The maximum Gasteiger partial charge on any atom is 0.0413 e. The van der Waals surface area contributed by atoms with Gasteiger partial charge < -0.3 is 5.73 Å². The monoisotopic (exact) mass is 190 g/mol. The molecule has 1 saturated carbocycles. The van der Waals surface area contributed by atoms with Crippen LogP contribution in [-0.4, -0.2) is 4.98 Å². The molecule has 2 rings (SSSR count). The third kappa shape index (κ3) is 1.67. The van der Waals surface area contributed by atoms with Crippen LogP contribution in [0.4, 0.5) is 0 Å². The predicted molar refractivity (Wildman–Crippen MR) is 57.9 cm³/mol. The van der Waals surface area contributed by atoms with E-state index in [1.807, 2.05) is 12.4 Å². The minimum absolute atomic E-state index is 0.0781. The summed E-state index contributed by atoms with van der Waals surface area (Å²) in [6, 6.07) is 2.08. The summed E-state index contributed by atoms with van der Waals surface area (Å²) >= 11 is 0. The second-order valence-corrected chi connectivity index (χ2v) is 4.41. The zero-order valence-corrected chi connectivity index (χ0v) is 8.79. The van der Waals surface area contributed by atoms with Crippen LogP contribution >= 0.6 is 0 Å². The minimum Gasteiger partial charge on any atom is -0.321 e. The molecule has 1 aliphatic carbocycles. The number of nitrogens with two attached hydrogens (primary N) is 1. The molecule has 0 saturated heterocycles. The Morgan fingerprint density at radius 1 is 1.29 bits per heavy atom. The highest BCUT2D eigenvalue weighted by Gasteiger charge is 2.30. The van der Waals surface area contributed by atoms with Crippen molar-refractivity contribution < 1.29 is 0 Å². The molecule has 1 heterocycles.